The Hall–Kier alpha value is -0.570. The van der Waals surface area contributed by atoms with Gasteiger partial charge in [-0.3, -0.25) is 4.79 Å². The van der Waals surface area contributed by atoms with Gasteiger partial charge < -0.3 is 10.5 Å². The third-order valence-corrected chi connectivity index (χ3v) is 4.72. The van der Waals surface area contributed by atoms with E-state index >= 15 is 0 Å². The van der Waals surface area contributed by atoms with E-state index in [0.29, 0.717) is 11.8 Å². The molecule has 15 heavy (non-hydrogen) atoms. The molecular formula is C12H19NO2. The fraction of sp³-hybridized carbons (Fsp3) is 0.917. The van der Waals surface area contributed by atoms with E-state index in [-0.39, 0.29) is 16.9 Å². The first kappa shape index (κ1) is 9.64. The van der Waals surface area contributed by atoms with Crippen molar-refractivity contribution in [3.8, 4) is 0 Å². The zero-order valence-electron chi connectivity index (χ0n) is 9.29. The topological polar surface area (TPSA) is 52.3 Å². The second kappa shape index (κ2) is 2.76. The molecule has 4 rings (SSSR count). The fourth-order valence-electron chi connectivity index (χ4n) is 4.79. The van der Waals surface area contributed by atoms with Gasteiger partial charge in [0.05, 0.1) is 12.5 Å². The van der Waals surface area contributed by atoms with Crippen LogP contribution < -0.4 is 5.73 Å². The lowest BCUT2D eigenvalue weighted by Gasteiger charge is -2.59. The predicted molar refractivity (Wildman–Crippen MR) is 56.0 cm³/mol. The van der Waals surface area contributed by atoms with Gasteiger partial charge in [-0.15, -0.1) is 0 Å². The number of rotatable bonds is 1. The largest absolute Gasteiger partial charge is 0.469 e. The number of ether oxygens (including phenoxy) is 1. The van der Waals surface area contributed by atoms with Crippen molar-refractivity contribution in [3.05, 3.63) is 0 Å². The summed E-state index contributed by atoms with van der Waals surface area (Å²) in [7, 11) is 1.50. The van der Waals surface area contributed by atoms with E-state index in [1.807, 2.05) is 0 Å². The van der Waals surface area contributed by atoms with Crippen molar-refractivity contribution in [2.24, 2.45) is 23.0 Å². The minimum absolute atomic E-state index is 0.00794. The molecule has 0 amide bonds. The first-order valence-electron chi connectivity index (χ1n) is 5.93. The van der Waals surface area contributed by atoms with Crippen molar-refractivity contribution in [2.45, 2.75) is 44.1 Å². The van der Waals surface area contributed by atoms with Crippen LogP contribution in [-0.4, -0.2) is 18.6 Å². The van der Waals surface area contributed by atoms with E-state index < -0.39 is 0 Å². The molecule has 0 heterocycles. The Morgan fingerprint density at radius 2 is 1.87 bits per heavy atom. The highest BCUT2D eigenvalue weighted by molar-refractivity contribution is 5.77. The van der Waals surface area contributed by atoms with Crippen molar-refractivity contribution >= 4 is 5.97 Å². The maximum absolute atomic E-state index is 11.9. The highest BCUT2D eigenvalue weighted by Crippen LogP contribution is 2.61. The van der Waals surface area contributed by atoms with E-state index in [9.17, 15) is 4.79 Å². The van der Waals surface area contributed by atoms with Gasteiger partial charge in [0.2, 0.25) is 0 Å². The monoisotopic (exact) mass is 209 g/mol. The molecule has 3 nitrogen and oxygen atoms in total. The van der Waals surface area contributed by atoms with Crippen LogP contribution in [0.2, 0.25) is 0 Å². The Bertz CT molecular complexity index is 299. The van der Waals surface area contributed by atoms with Crippen molar-refractivity contribution < 1.29 is 9.53 Å². The Morgan fingerprint density at radius 3 is 2.33 bits per heavy atom. The minimum Gasteiger partial charge on any atom is -0.469 e. The van der Waals surface area contributed by atoms with Gasteiger partial charge in [-0.1, -0.05) is 0 Å². The summed E-state index contributed by atoms with van der Waals surface area (Å²) < 4.78 is 4.99. The highest BCUT2D eigenvalue weighted by atomic mass is 16.5. The van der Waals surface area contributed by atoms with Gasteiger partial charge in [0.15, 0.2) is 0 Å². The zero-order chi connectivity index (χ0) is 10.7. The molecule has 84 valence electrons. The third kappa shape index (κ3) is 1.25. The summed E-state index contributed by atoms with van der Waals surface area (Å²) in [6.07, 6.45) is 6.45. The Morgan fingerprint density at radius 1 is 1.27 bits per heavy atom. The molecule has 0 aromatic heterocycles. The lowest BCUT2D eigenvalue weighted by molar-refractivity contribution is -0.170. The normalized spacial score (nSPS) is 51.9. The van der Waals surface area contributed by atoms with Crippen LogP contribution in [0.3, 0.4) is 0 Å². The lowest BCUT2D eigenvalue weighted by Crippen LogP contribution is -2.62. The molecule has 0 spiro atoms. The van der Waals surface area contributed by atoms with Crippen LogP contribution in [0.1, 0.15) is 38.5 Å². The van der Waals surface area contributed by atoms with Crippen molar-refractivity contribution in [3.63, 3.8) is 0 Å². The summed E-state index contributed by atoms with van der Waals surface area (Å²) >= 11 is 0. The van der Waals surface area contributed by atoms with Crippen molar-refractivity contribution in [1.82, 2.24) is 0 Å². The molecule has 4 saturated carbocycles. The molecule has 2 atom stereocenters. The molecule has 0 radical (unpaired) electrons. The van der Waals surface area contributed by atoms with Crippen LogP contribution >= 0.6 is 0 Å². The van der Waals surface area contributed by atoms with Crippen LogP contribution in [0.5, 0.6) is 0 Å². The molecule has 4 aliphatic carbocycles. The summed E-state index contributed by atoms with van der Waals surface area (Å²) in [6, 6.07) is 0. The van der Waals surface area contributed by atoms with Crippen molar-refractivity contribution in [1.29, 1.82) is 0 Å². The summed E-state index contributed by atoms with van der Waals surface area (Å²) in [5.74, 6) is 1.34. The van der Waals surface area contributed by atoms with Crippen LogP contribution in [0, 0.1) is 17.3 Å². The molecular weight excluding hydrogens is 190 g/mol. The number of hydrogen-bond donors (Lipinski definition) is 1. The third-order valence-electron chi connectivity index (χ3n) is 4.72. The Kier molecular flexibility index (Phi) is 1.77. The van der Waals surface area contributed by atoms with Gasteiger partial charge in [0, 0.05) is 5.54 Å². The molecule has 3 heteroatoms. The molecule has 0 saturated heterocycles. The summed E-state index contributed by atoms with van der Waals surface area (Å²) in [5, 5.41) is 0. The number of hydrogen-bond acceptors (Lipinski definition) is 3. The van der Waals surface area contributed by atoms with Crippen molar-refractivity contribution in [2.75, 3.05) is 7.11 Å². The van der Waals surface area contributed by atoms with E-state index in [1.165, 1.54) is 13.5 Å². The van der Waals surface area contributed by atoms with E-state index in [4.69, 9.17) is 10.5 Å². The van der Waals surface area contributed by atoms with Gasteiger partial charge in [-0.2, -0.15) is 0 Å². The average molecular weight is 209 g/mol. The second-order valence-corrected chi connectivity index (χ2v) is 6.10. The Labute approximate surface area is 90.4 Å². The summed E-state index contributed by atoms with van der Waals surface area (Å²) in [4.78, 5) is 11.9. The van der Waals surface area contributed by atoms with Gasteiger partial charge in [-0.05, 0) is 50.4 Å². The number of methoxy groups -OCH3 is 1. The zero-order valence-corrected chi connectivity index (χ0v) is 9.29. The van der Waals surface area contributed by atoms with Gasteiger partial charge in [0.25, 0.3) is 0 Å². The molecule has 4 bridgehead atoms. The van der Waals surface area contributed by atoms with E-state index in [1.54, 1.807) is 0 Å². The molecule has 0 aromatic rings. The van der Waals surface area contributed by atoms with Crippen LogP contribution in [-0.2, 0) is 9.53 Å². The van der Waals surface area contributed by atoms with E-state index in [0.717, 1.165) is 32.1 Å². The lowest BCUT2D eigenvalue weighted by atomic mass is 9.47. The molecule has 2 N–H and O–H groups in total. The molecule has 4 fully saturated rings. The maximum Gasteiger partial charge on any atom is 0.311 e. The predicted octanol–water partition coefficient (Wildman–Crippen LogP) is 1.46. The SMILES string of the molecule is COC(=O)C12C[C@@H]3C[C@H](CC(N)(C3)C1)C2. The maximum atomic E-state index is 11.9. The summed E-state index contributed by atoms with van der Waals surface area (Å²) in [5.41, 5.74) is 6.12. The van der Waals surface area contributed by atoms with Gasteiger partial charge in [-0.25, -0.2) is 0 Å². The molecule has 4 aliphatic rings. The average Bonchev–Trinajstić information content (AvgIpc) is 2.12. The standard InChI is InChI=1S/C12H19NO2/c1-15-10(14)11-3-8-2-9(4-11)6-12(13,5-8)7-11/h8-9H,2-7,13H2,1H3/t8-,9-,11?,12?/m0/s1. The Balaban J connectivity index is 1.96. The number of carbonyl (C=O) groups excluding carboxylic acids is 1. The van der Waals surface area contributed by atoms with Crippen LogP contribution in [0.15, 0.2) is 0 Å². The first-order chi connectivity index (χ1) is 7.05. The van der Waals surface area contributed by atoms with Crippen LogP contribution in [0.25, 0.3) is 0 Å². The fourth-order valence-corrected chi connectivity index (χ4v) is 4.79. The van der Waals surface area contributed by atoms with Crippen LogP contribution in [0.4, 0.5) is 0 Å². The first-order valence-corrected chi connectivity index (χ1v) is 5.93. The molecule has 0 aliphatic heterocycles. The number of carbonyl (C=O) groups is 1. The second-order valence-electron chi connectivity index (χ2n) is 6.10. The summed E-state index contributed by atoms with van der Waals surface area (Å²) in [6.45, 7) is 0. The van der Waals surface area contributed by atoms with E-state index in [2.05, 4.69) is 0 Å². The van der Waals surface area contributed by atoms with Gasteiger partial charge >= 0.3 is 5.97 Å². The minimum atomic E-state index is -0.215. The quantitative estimate of drug-likeness (QED) is 0.665. The van der Waals surface area contributed by atoms with Gasteiger partial charge in [0.1, 0.15) is 0 Å². The smallest absolute Gasteiger partial charge is 0.311 e. The highest BCUT2D eigenvalue weighted by Gasteiger charge is 2.59. The molecule has 0 unspecified atom stereocenters. The number of nitrogens with two attached hydrogens (primary N) is 1. The number of esters is 1. The molecule has 0 aromatic carbocycles.